The lowest BCUT2D eigenvalue weighted by atomic mass is 9.94. The number of aromatic nitrogens is 3. The lowest BCUT2D eigenvalue weighted by molar-refractivity contribution is 0.669. The third kappa shape index (κ3) is 4.79. The molecule has 0 fully saturated rings. The molecule has 3 heterocycles. The summed E-state index contributed by atoms with van der Waals surface area (Å²) in [5.41, 5.74) is 9.11. The topological polar surface area (TPSA) is 51.8 Å². The summed E-state index contributed by atoms with van der Waals surface area (Å²) in [6.45, 7) is 0. The van der Waals surface area contributed by atoms with Gasteiger partial charge in [0.05, 0.1) is 0 Å². The van der Waals surface area contributed by atoms with Crippen LogP contribution in [0.2, 0.25) is 0 Å². The Bertz CT molecular complexity index is 2820. The van der Waals surface area contributed by atoms with Gasteiger partial charge in [0, 0.05) is 47.6 Å². The molecule has 0 aliphatic rings. The van der Waals surface area contributed by atoms with Crippen LogP contribution in [0, 0.1) is 0 Å². The standard InChI is InChI=1S/C45H27N3OS/c1-3-12-28(13-4-1)43-46-44(29-14-5-2-6-15-29)48-45(47-43)32-24-25-35-38(27-32)49-37-21-10-19-33(41(35)37)30-16-9-17-31(26-30)34-20-11-23-40-42(34)36-18-7-8-22-39(36)50-40/h1-27H. The smallest absolute Gasteiger partial charge is 0.164 e. The van der Waals surface area contributed by atoms with Crippen molar-refractivity contribution in [3.05, 3.63) is 164 Å². The predicted molar refractivity (Wildman–Crippen MR) is 207 cm³/mol. The first kappa shape index (κ1) is 28.6. The number of hydrogen-bond donors (Lipinski definition) is 0. The maximum absolute atomic E-state index is 6.55. The summed E-state index contributed by atoms with van der Waals surface area (Å²) in [5.74, 6) is 1.86. The predicted octanol–water partition coefficient (Wildman–Crippen LogP) is 12.5. The van der Waals surface area contributed by atoms with Gasteiger partial charge < -0.3 is 4.42 Å². The van der Waals surface area contributed by atoms with E-state index in [9.17, 15) is 0 Å². The van der Waals surface area contributed by atoms with Gasteiger partial charge in [0.15, 0.2) is 17.5 Å². The van der Waals surface area contributed by atoms with Crippen LogP contribution in [0.5, 0.6) is 0 Å². The first-order chi connectivity index (χ1) is 24.8. The Morgan fingerprint density at radius 3 is 1.64 bits per heavy atom. The monoisotopic (exact) mass is 657 g/mol. The van der Waals surface area contributed by atoms with Gasteiger partial charge in [0.1, 0.15) is 11.2 Å². The summed E-state index contributed by atoms with van der Waals surface area (Å²) in [6, 6.07) is 56.9. The van der Waals surface area contributed by atoms with Crippen molar-refractivity contribution >= 4 is 53.4 Å². The normalized spacial score (nSPS) is 11.6. The molecule has 0 bridgehead atoms. The van der Waals surface area contributed by atoms with E-state index in [1.807, 2.05) is 78.1 Å². The fourth-order valence-corrected chi connectivity index (χ4v) is 8.14. The molecule has 234 valence electrons. The molecule has 4 nitrogen and oxygen atoms in total. The highest BCUT2D eigenvalue weighted by atomic mass is 32.1. The van der Waals surface area contributed by atoms with Crippen LogP contribution in [0.25, 0.3) is 98.5 Å². The zero-order valence-electron chi connectivity index (χ0n) is 26.7. The van der Waals surface area contributed by atoms with Gasteiger partial charge in [0.25, 0.3) is 0 Å². The van der Waals surface area contributed by atoms with E-state index < -0.39 is 0 Å². The molecule has 50 heavy (non-hydrogen) atoms. The van der Waals surface area contributed by atoms with E-state index in [0.717, 1.165) is 49.8 Å². The molecule has 10 aromatic rings. The Morgan fingerprint density at radius 2 is 0.920 bits per heavy atom. The summed E-state index contributed by atoms with van der Waals surface area (Å²) < 4.78 is 9.16. The molecule has 0 atom stereocenters. The van der Waals surface area contributed by atoms with Gasteiger partial charge in [0.2, 0.25) is 0 Å². The highest BCUT2D eigenvalue weighted by Gasteiger charge is 2.17. The van der Waals surface area contributed by atoms with Gasteiger partial charge in [-0.15, -0.1) is 11.3 Å². The molecule has 7 aromatic carbocycles. The molecule has 5 heteroatoms. The second-order valence-electron chi connectivity index (χ2n) is 12.4. The van der Waals surface area contributed by atoms with Gasteiger partial charge >= 0.3 is 0 Å². The van der Waals surface area contributed by atoms with E-state index in [4.69, 9.17) is 19.4 Å². The molecule has 0 N–H and O–H groups in total. The summed E-state index contributed by atoms with van der Waals surface area (Å²) in [7, 11) is 0. The van der Waals surface area contributed by atoms with E-state index in [1.54, 1.807) is 0 Å². The van der Waals surface area contributed by atoms with Gasteiger partial charge in [-0.1, -0.05) is 127 Å². The summed E-state index contributed by atoms with van der Waals surface area (Å²) in [4.78, 5) is 14.7. The van der Waals surface area contributed by atoms with Crippen molar-refractivity contribution in [1.82, 2.24) is 15.0 Å². The molecule has 0 amide bonds. The summed E-state index contributed by atoms with van der Waals surface area (Å²) in [5, 5.41) is 4.76. The first-order valence-electron chi connectivity index (χ1n) is 16.6. The second-order valence-corrected chi connectivity index (χ2v) is 13.5. The Morgan fingerprint density at radius 1 is 0.360 bits per heavy atom. The molecular weight excluding hydrogens is 631 g/mol. The van der Waals surface area contributed by atoms with Crippen molar-refractivity contribution in [2.24, 2.45) is 0 Å². The largest absolute Gasteiger partial charge is 0.456 e. The average Bonchev–Trinajstić information content (AvgIpc) is 3.77. The van der Waals surface area contributed by atoms with E-state index in [1.165, 1.54) is 31.3 Å². The van der Waals surface area contributed by atoms with Crippen LogP contribution >= 0.6 is 11.3 Å². The first-order valence-corrected chi connectivity index (χ1v) is 17.4. The maximum atomic E-state index is 6.55. The van der Waals surface area contributed by atoms with Crippen LogP contribution < -0.4 is 0 Å². The quantitative estimate of drug-likeness (QED) is 0.185. The number of benzene rings is 7. The molecule has 0 unspecified atom stereocenters. The molecular formula is C45H27N3OS. The number of thiophene rings is 1. The van der Waals surface area contributed by atoms with Crippen molar-refractivity contribution in [2.45, 2.75) is 0 Å². The van der Waals surface area contributed by atoms with E-state index in [2.05, 4.69) is 97.1 Å². The van der Waals surface area contributed by atoms with Crippen molar-refractivity contribution in [1.29, 1.82) is 0 Å². The van der Waals surface area contributed by atoms with Crippen LogP contribution in [-0.2, 0) is 0 Å². The molecule has 0 saturated carbocycles. The van der Waals surface area contributed by atoms with Crippen LogP contribution in [0.3, 0.4) is 0 Å². The summed E-state index contributed by atoms with van der Waals surface area (Å²) in [6.07, 6.45) is 0. The highest BCUT2D eigenvalue weighted by Crippen LogP contribution is 2.42. The lowest BCUT2D eigenvalue weighted by Gasteiger charge is -2.09. The van der Waals surface area contributed by atoms with Crippen LogP contribution in [0.15, 0.2) is 168 Å². The third-order valence-corrected chi connectivity index (χ3v) is 10.5. The van der Waals surface area contributed by atoms with Crippen LogP contribution in [-0.4, -0.2) is 15.0 Å². The molecule has 10 rings (SSSR count). The molecule has 0 radical (unpaired) electrons. The molecule has 0 spiro atoms. The van der Waals surface area contributed by atoms with Gasteiger partial charge in [-0.3, -0.25) is 0 Å². The third-order valence-electron chi connectivity index (χ3n) is 9.34. The zero-order valence-corrected chi connectivity index (χ0v) is 27.6. The Balaban J connectivity index is 1.10. The van der Waals surface area contributed by atoms with Gasteiger partial charge in [-0.25, -0.2) is 15.0 Å². The minimum atomic E-state index is 0.600. The molecule has 0 saturated heterocycles. The minimum Gasteiger partial charge on any atom is -0.456 e. The number of furan rings is 1. The Kier molecular flexibility index (Phi) is 6.64. The maximum Gasteiger partial charge on any atom is 0.164 e. The zero-order chi connectivity index (χ0) is 33.0. The number of rotatable bonds is 5. The summed E-state index contributed by atoms with van der Waals surface area (Å²) >= 11 is 1.85. The Labute approximate surface area is 292 Å². The Hall–Kier alpha value is -6.43. The minimum absolute atomic E-state index is 0.600. The van der Waals surface area contributed by atoms with Crippen molar-refractivity contribution in [3.63, 3.8) is 0 Å². The van der Waals surface area contributed by atoms with Crippen molar-refractivity contribution < 1.29 is 4.42 Å². The lowest BCUT2D eigenvalue weighted by Crippen LogP contribution is -2.00. The van der Waals surface area contributed by atoms with E-state index in [-0.39, 0.29) is 0 Å². The van der Waals surface area contributed by atoms with Crippen molar-refractivity contribution in [3.8, 4) is 56.4 Å². The number of nitrogens with zero attached hydrogens (tertiary/aromatic N) is 3. The second kappa shape index (κ2) is 11.6. The van der Waals surface area contributed by atoms with Crippen LogP contribution in [0.4, 0.5) is 0 Å². The van der Waals surface area contributed by atoms with Crippen LogP contribution in [0.1, 0.15) is 0 Å². The van der Waals surface area contributed by atoms with E-state index in [0.29, 0.717) is 17.5 Å². The SMILES string of the molecule is c1ccc(-c2nc(-c3ccccc3)nc(-c3ccc4c(c3)oc3cccc(-c5cccc(-c6cccc7sc8ccccc8c67)c5)c34)n2)cc1. The van der Waals surface area contributed by atoms with Gasteiger partial charge in [-0.2, -0.15) is 0 Å². The van der Waals surface area contributed by atoms with E-state index >= 15 is 0 Å². The fraction of sp³-hybridized carbons (Fsp3) is 0. The van der Waals surface area contributed by atoms with Crippen molar-refractivity contribution in [2.75, 3.05) is 0 Å². The number of fused-ring (bicyclic) bond motifs is 6. The fourth-order valence-electron chi connectivity index (χ4n) is 7.01. The molecule has 0 aliphatic carbocycles. The average molecular weight is 658 g/mol. The molecule has 3 aromatic heterocycles. The molecule has 0 aliphatic heterocycles. The highest BCUT2D eigenvalue weighted by molar-refractivity contribution is 7.25. The number of hydrogen-bond acceptors (Lipinski definition) is 5. The van der Waals surface area contributed by atoms with Gasteiger partial charge in [-0.05, 0) is 58.7 Å².